The molecular weight excluding hydrogens is 208 g/mol. The van der Waals surface area contributed by atoms with E-state index in [9.17, 15) is 15.0 Å². The Morgan fingerprint density at radius 3 is 2.25 bits per heavy atom. The minimum atomic E-state index is -0.804. The van der Waals surface area contributed by atoms with Gasteiger partial charge >= 0.3 is 0 Å². The zero-order valence-electron chi connectivity index (χ0n) is 9.43. The summed E-state index contributed by atoms with van der Waals surface area (Å²) in [6, 6.07) is 0. The van der Waals surface area contributed by atoms with Crippen LogP contribution in [0, 0.1) is 0 Å². The molecule has 0 spiro atoms. The molecule has 1 saturated carbocycles. The van der Waals surface area contributed by atoms with Gasteiger partial charge in [0, 0.05) is 25.0 Å². The van der Waals surface area contributed by atoms with Gasteiger partial charge in [0.05, 0.1) is 12.2 Å². The number of likely N-dealkylation sites (tertiary alicyclic amines) is 1. The number of aliphatic hydroxyl groups is 2. The van der Waals surface area contributed by atoms with Gasteiger partial charge < -0.3 is 20.8 Å². The second-order valence-electron chi connectivity index (χ2n) is 5.18. The molecule has 1 amide bonds. The van der Waals surface area contributed by atoms with Crippen LogP contribution in [-0.4, -0.2) is 51.9 Å². The number of nitrogens with zero attached hydrogens (tertiary/aromatic N) is 1. The Morgan fingerprint density at radius 2 is 1.75 bits per heavy atom. The van der Waals surface area contributed by atoms with E-state index in [2.05, 4.69) is 0 Å². The van der Waals surface area contributed by atoms with Gasteiger partial charge in [0.25, 0.3) is 0 Å². The van der Waals surface area contributed by atoms with Crippen molar-refractivity contribution in [1.82, 2.24) is 4.90 Å². The Morgan fingerprint density at radius 1 is 1.25 bits per heavy atom. The quantitative estimate of drug-likeness (QED) is 0.578. The highest BCUT2D eigenvalue weighted by molar-refractivity contribution is 5.78. The third kappa shape index (κ3) is 2.36. The fourth-order valence-corrected chi connectivity index (χ4v) is 2.64. The number of hydrogen-bond donors (Lipinski definition) is 3. The summed E-state index contributed by atoms with van der Waals surface area (Å²) in [6.45, 7) is 0.464. The molecule has 1 saturated heterocycles. The number of aliphatic hydroxyl groups excluding tert-OH is 2. The minimum absolute atomic E-state index is 0.0417. The number of nitrogens with two attached hydrogens (primary N) is 1. The highest BCUT2D eigenvalue weighted by Crippen LogP contribution is 2.31. The predicted molar refractivity (Wildman–Crippen MR) is 58.6 cm³/mol. The van der Waals surface area contributed by atoms with E-state index < -0.39 is 12.2 Å². The Balaban J connectivity index is 1.89. The largest absolute Gasteiger partial charge is 0.388 e. The van der Waals surface area contributed by atoms with E-state index in [4.69, 9.17) is 5.73 Å². The molecule has 1 aliphatic carbocycles. The van der Waals surface area contributed by atoms with Crippen LogP contribution in [0.5, 0.6) is 0 Å². The molecule has 0 aromatic rings. The van der Waals surface area contributed by atoms with Gasteiger partial charge in [-0.25, -0.2) is 0 Å². The van der Waals surface area contributed by atoms with Gasteiger partial charge in [-0.3, -0.25) is 4.79 Å². The van der Waals surface area contributed by atoms with E-state index in [0.29, 0.717) is 6.42 Å². The third-order valence-corrected chi connectivity index (χ3v) is 3.71. The molecule has 92 valence electrons. The van der Waals surface area contributed by atoms with Crippen LogP contribution in [0.25, 0.3) is 0 Å². The molecule has 0 radical (unpaired) electrons. The molecule has 4 N–H and O–H groups in total. The van der Waals surface area contributed by atoms with E-state index >= 15 is 0 Å². The van der Waals surface area contributed by atoms with Crippen molar-refractivity contribution in [2.75, 3.05) is 13.1 Å². The van der Waals surface area contributed by atoms with E-state index in [-0.39, 0.29) is 24.5 Å². The van der Waals surface area contributed by atoms with Crippen molar-refractivity contribution in [3.05, 3.63) is 0 Å². The van der Waals surface area contributed by atoms with Crippen molar-refractivity contribution < 1.29 is 15.0 Å². The summed E-state index contributed by atoms with van der Waals surface area (Å²) >= 11 is 0. The lowest BCUT2D eigenvalue weighted by molar-refractivity contribution is -0.131. The van der Waals surface area contributed by atoms with Gasteiger partial charge in [-0.1, -0.05) is 12.8 Å². The van der Waals surface area contributed by atoms with Crippen LogP contribution < -0.4 is 5.73 Å². The molecule has 1 aliphatic heterocycles. The molecule has 2 fully saturated rings. The highest BCUT2D eigenvalue weighted by atomic mass is 16.3. The number of amides is 1. The minimum Gasteiger partial charge on any atom is -0.388 e. The van der Waals surface area contributed by atoms with Gasteiger partial charge in [0.15, 0.2) is 0 Å². The van der Waals surface area contributed by atoms with Crippen molar-refractivity contribution in [3.8, 4) is 0 Å². The summed E-state index contributed by atoms with van der Waals surface area (Å²) in [5.41, 5.74) is 5.77. The highest BCUT2D eigenvalue weighted by Gasteiger charge is 2.37. The van der Waals surface area contributed by atoms with Crippen LogP contribution >= 0.6 is 0 Å². The monoisotopic (exact) mass is 228 g/mol. The van der Waals surface area contributed by atoms with Crippen LogP contribution in [0.1, 0.15) is 32.1 Å². The van der Waals surface area contributed by atoms with Gasteiger partial charge in [-0.2, -0.15) is 0 Å². The standard InChI is InChI=1S/C11H20N2O3/c12-11(3-1-2-4-11)5-10(16)13-6-8(14)9(15)7-13/h8-9,14-15H,1-7,12H2/t8-,9+. The lowest BCUT2D eigenvalue weighted by Crippen LogP contribution is -2.43. The summed E-state index contributed by atoms with van der Waals surface area (Å²) in [4.78, 5) is 13.4. The number of rotatable bonds is 2. The average Bonchev–Trinajstić information content (AvgIpc) is 2.75. The van der Waals surface area contributed by atoms with E-state index in [1.54, 1.807) is 0 Å². The molecule has 0 unspecified atom stereocenters. The second kappa shape index (κ2) is 4.31. The number of hydrogen-bond acceptors (Lipinski definition) is 4. The smallest absolute Gasteiger partial charge is 0.224 e. The van der Waals surface area contributed by atoms with Crippen molar-refractivity contribution in [3.63, 3.8) is 0 Å². The topological polar surface area (TPSA) is 86.8 Å². The Hall–Kier alpha value is -0.650. The van der Waals surface area contributed by atoms with Gasteiger partial charge in [-0.15, -0.1) is 0 Å². The Kier molecular flexibility index (Phi) is 3.19. The van der Waals surface area contributed by atoms with Crippen molar-refractivity contribution in [2.45, 2.75) is 49.9 Å². The molecule has 0 bridgehead atoms. The summed E-state index contributed by atoms with van der Waals surface area (Å²) in [5, 5.41) is 18.7. The molecule has 5 nitrogen and oxygen atoms in total. The van der Waals surface area contributed by atoms with Gasteiger partial charge in [0.2, 0.25) is 5.91 Å². The van der Waals surface area contributed by atoms with Crippen molar-refractivity contribution >= 4 is 5.91 Å². The molecule has 16 heavy (non-hydrogen) atoms. The molecule has 2 rings (SSSR count). The normalized spacial score (nSPS) is 33.3. The molecular formula is C11H20N2O3. The lowest BCUT2D eigenvalue weighted by atomic mass is 9.94. The fourth-order valence-electron chi connectivity index (χ4n) is 2.64. The zero-order valence-corrected chi connectivity index (χ0v) is 9.43. The Labute approximate surface area is 95.2 Å². The molecule has 5 heteroatoms. The predicted octanol–water partition coefficient (Wildman–Crippen LogP) is -0.788. The number of β-amino-alcohol motifs (C(OH)–C–C–N with tert-alkyl or cyclic N) is 2. The van der Waals surface area contributed by atoms with Gasteiger partial charge in [0.1, 0.15) is 0 Å². The fraction of sp³-hybridized carbons (Fsp3) is 0.909. The summed E-state index contributed by atoms with van der Waals surface area (Å²) in [7, 11) is 0. The summed E-state index contributed by atoms with van der Waals surface area (Å²) in [5.74, 6) is -0.0417. The third-order valence-electron chi connectivity index (χ3n) is 3.71. The first kappa shape index (κ1) is 11.8. The molecule has 2 aliphatic rings. The first-order valence-electron chi connectivity index (χ1n) is 5.93. The van der Waals surface area contributed by atoms with Crippen LogP contribution in [0.3, 0.4) is 0 Å². The molecule has 1 heterocycles. The summed E-state index contributed by atoms with van der Waals surface area (Å²) < 4.78 is 0. The van der Waals surface area contributed by atoms with Crippen molar-refractivity contribution in [2.24, 2.45) is 5.73 Å². The van der Waals surface area contributed by atoms with Gasteiger partial charge in [-0.05, 0) is 12.8 Å². The maximum absolute atomic E-state index is 11.9. The SMILES string of the molecule is NC1(CC(=O)N2C[C@@H](O)[C@@H](O)C2)CCCC1. The van der Waals surface area contributed by atoms with Crippen LogP contribution in [0.15, 0.2) is 0 Å². The molecule has 0 aromatic heterocycles. The summed E-state index contributed by atoms with van der Waals surface area (Å²) in [6.07, 6.45) is 2.72. The van der Waals surface area contributed by atoms with Crippen LogP contribution in [0.2, 0.25) is 0 Å². The maximum atomic E-state index is 11.9. The molecule has 0 aromatic carbocycles. The van der Waals surface area contributed by atoms with E-state index in [1.807, 2.05) is 0 Å². The molecule has 2 atom stereocenters. The van der Waals surface area contributed by atoms with Crippen LogP contribution in [0.4, 0.5) is 0 Å². The van der Waals surface area contributed by atoms with E-state index in [0.717, 1.165) is 25.7 Å². The first-order valence-corrected chi connectivity index (χ1v) is 5.93. The van der Waals surface area contributed by atoms with E-state index in [1.165, 1.54) is 4.90 Å². The zero-order chi connectivity index (χ0) is 11.8. The van der Waals surface area contributed by atoms with Crippen LogP contribution in [-0.2, 0) is 4.79 Å². The first-order chi connectivity index (χ1) is 7.50. The number of carbonyl (C=O) groups is 1. The van der Waals surface area contributed by atoms with Crippen molar-refractivity contribution in [1.29, 1.82) is 0 Å². The average molecular weight is 228 g/mol. The maximum Gasteiger partial charge on any atom is 0.224 e. The lowest BCUT2D eigenvalue weighted by Gasteiger charge is -2.25. The second-order valence-corrected chi connectivity index (χ2v) is 5.18. The number of carbonyl (C=O) groups excluding carboxylic acids is 1. The Bertz CT molecular complexity index is 266.